The Morgan fingerprint density at radius 3 is 2.42 bits per heavy atom. The summed E-state index contributed by atoms with van der Waals surface area (Å²) in [6.07, 6.45) is 1.79. The Morgan fingerprint density at radius 1 is 1.21 bits per heavy atom. The van der Waals surface area contributed by atoms with E-state index in [4.69, 9.17) is 9.47 Å². The largest absolute Gasteiger partial charge is 0.493 e. The van der Waals surface area contributed by atoms with E-state index in [1.54, 1.807) is 26.5 Å². The van der Waals surface area contributed by atoms with Gasteiger partial charge in [0, 0.05) is 37.3 Å². The van der Waals surface area contributed by atoms with Crippen LogP contribution in [0.25, 0.3) is 0 Å². The molecule has 1 heterocycles. The number of thioether (sulfide) groups is 1. The molecule has 0 bridgehead atoms. The molecule has 1 N–H and O–H groups in total. The Labute approximate surface area is 116 Å². The molecule has 0 unspecified atom stereocenters. The van der Waals surface area contributed by atoms with Gasteiger partial charge in [0.2, 0.25) is 0 Å². The minimum absolute atomic E-state index is 0.113. The standard InChI is InChI=1S/C13H16N2O3S/c1-15(2)7-12-13(16)14-8-5-9(17-3)10(18-4)6-11(8)19-12/h5-7H,1-4H3,(H,14,16)/b12-7+. The summed E-state index contributed by atoms with van der Waals surface area (Å²) in [4.78, 5) is 15.4. The minimum Gasteiger partial charge on any atom is -0.493 e. The topological polar surface area (TPSA) is 50.8 Å². The van der Waals surface area contributed by atoms with Gasteiger partial charge in [-0.2, -0.15) is 0 Å². The van der Waals surface area contributed by atoms with Crippen LogP contribution in [0.5, 0.6) is 11.5 Å². The van der Waals surface area contributed by atoms with Crippen molar-refractivity contribution in [1.82, 2.24) is 4.90 Å². The van der Waals surface area contributed by atoms with Gasteiger partial charge in [-0.15, -0.1) is 0 Å². The van der Waals surface area contributed by atoms with Crippen molar-refractivity contribution in [2.75, 3.05) is 33.6 Å². The molecule has 1 amide bonds. The molecule has 0 aromatic heterocycles. The van der Waals surface area contributed by atoms with Crippen LogP contribution in [0, 0.1) is 0 Å². The lowest BCUT2D eigenvalue weighted by molar-refractivity contribution is -0.112. The zero-order chi connectivity index (χ0) is 14.0. The highest BCUT2D eigenvalue weighted by Gasteiger charge is 2.23. The fourth-order valence-electron chi connectivity index (χ4n) is 1.71. The molecule has 0 radical (unpaired) electrons. The number of hydrogen-bond donors (Lipinski definition) is 1. The maximum absolute atomic E-state index is 11.9. The second kappa shape index (κ2) is 5.44. The van der Waals surface area contributed by atoms with Crippen LogP contribution < -0.4 is 14.8 Å². The van der Waals surface area contributed by atoms with Crippen LogP contribution in [-0.4, -0.2) is 39.1 Å². The third-order valence-corrected chi connectivity index (χ3v) is 3.62. The Balaban J connectivity index is 2.42. The Bertz CT molecular complexity index is 541. The number of ether oxygens (including phenoxy) is 2. The van der Waals surface area contributed by atoms with Gasteiger partial charge in [0.15, 0.2) is 11.5 Å². The number of anilines is 1. The molecule has 0 saturated carbocycles. The van der Waals surface area contributed by atoms with E-state index >= 15 is 0 Å². The lowest BCUT2D eigenvalue weighted by Gasteiger charge is -2.21. The third-order valence-electron chi connectivity index (χ3n) is 2.55. The van der Waals surface area contributed by atoms with Crippen LogP contribution in [0.3, 0.4) is 0 Å². The minimum atomic E-state index is -0.113. The van der Waals surface area contributed by atoms with Crippen molar-refractivity contribution in [2.24, 2.45) is 0 Å². The zero-order valence-electron chi connectivity index (χ0n) is 11.3. The summed E-state index contributed by atoms with van der Waals surface area (Å²) in [6.45, 7) is 0. The van der Waals surface area contributed by atoms with Gasteiger partial charge in [0.05, 0.1) is 24.8 Å². The molecule has 0 aliphatic carbocycles. The maximum Gasteiger partial charge on any atom is 0.263 e. The van der Waals surface area contributed by atoms with Crippen molar-refractivity contribution < 1.29 is 14.3 Å². The summed E-state index contributed by atoms with van der Waals surface area (Å²) in [5.41, 5.74) is 0.739. The lowest BCUT2D eigenvalue weighted by Crippen LogP contribution is -2.19. The van der Waals surface area contributed by atoms with Crippen LogP contribution in [-0.2, 0) is 4.79 Å². The molecule has 0 fully saturated rings. The van der Waals surface area contributed by atoms with E-state index in [-0.39, 0.29) is 5.91 Å². The zero-order valence-corrected chi connectivity index (χ0v) is 12.1. The number of methoxy groups -OCH3 is 2. The predicted octanol–water partition coefficient (Wildman–Crippen LogP) is 2.15. The van der Waals surface area contributed by atoms with Crippen LogP contribution in [0.2, 0.25) is 0 Å². The molecule has 102 valence electrons. The molecule has 6 heteroatoms. The van der Waals surface area contributed by atoms with Gasteiger partial charge in [0.25, 0.3) is 5.91 Å². The molecule has 0 saturated heterocycles. The molecular weight excluding hydrogens is 264 g/mol. The monoisotopic (exact) mass is 280 g/mol. The van der Waals surface area contributed by atoms with E-state index in [0.29, 0.717) is 16.4 Å². The summed E-state index contributed by atoms with van der Waals surface area (Å²) < 4.78 is 10.5. The molecule has 1 aromatic rings. The van der Waals surface area contributed by atoms with E-state index in [0.717, 1.165) is 10.6 Å². The van der Waals surface area contributed by atoms with E-state index in [1.165, 1.54) is 11.8 Å². The summed E-state index contributed by atoms with van der Waals surface area (Å²) in [6, 6.07) is 3.63. The molecule has 19 heavy (non-hydrogen) atoms. The predicted molar refractivity (Wildman–Crippen MR) is 75.8 cm³/mol. The average Bonchev–Trinajstić information content (AvgIpc) is 2.37. The van der Waals surface area contributed by atoms with Crippen molar-refractivity contribution in [1.29, 1.82) is 0 Å². The summed E-state index contributed by atoms with van der Waals surface area (Å²) in [5.74, 6) is 1.13. The first-order valence-electron chi connectivity index (χ1n) is 5.68. The second-order valence-electron chi connectivity index (χ2n) is 4.22. The lowest BCUT2D eigenvalue weighted by atomic mass is 10.2. The van der Waals surface area contributed by atoms with E-state index in [2.05, 4.69) is 5.32 Å². The fourth-order valence-corrected chi connectivity index (χ4v) is 2.74. The van der Waals surface area contributed by atoms with E-state index in [1.807, 2.05) is 25.1 Å². The number of fused-ring (bicyclic) bond motifs is 1. The highest BCUT2D eigenvalue weighted by Crippen LogP contribution is 2.43. The van der Waals surface area contributed by atoms with E-state index in [9.17, 15) is 4.79 Å². The van der Waals surface area contributed by atoms with Gasteiger partial charge < -0.3 is 19.7 Å². The number of benzene rings is 1. The van der Waals surface area contributed by atoms with Gasteiger partial charge in [-0.05, 0) is 0 Å². The first-order chi connectivity index (χ1) is 9.05. The van der Waals surface area contributed by atoms with Crippen molar-refractivity contribution >= 4 is 23.4 Å². The maximum atomic E-state index is 11.9. The number of nitrogens with one attached hydrogen (secondary N) is 1. The summed E-state index contributed by atoms with van der Waals surface area (Å²) in [7, 11) is 6.92. The first-order valence-corrected chi connectivity index (χ1v) is 6.50. The van der Waals surface area contributed by atoms with Gasteiger partial charge in [-0.1, -0.05) is 11.8 Å². The first kappa shape index (κ1) is 13.6. The molecule has 1 aromatic carbocycles. The summed E-state index contributed by atoms with van der Waals surface area (Å²) >= 11 is 1.41. The molecular formula is C13H16N2O3S. The number of carbonyl (C=O) groups is 1. The molecule has 2 rings (SSSR count). The van der Waals surface area contributed by atoms with Crippen molar-refractivity contribution in [3.8, 4) is 11.5 Å². The second-order valence-corrected chi connectivity index (χ2v) is 5.30. The van der Waals surface area contributed by atoms with Gasteiger partial charge in [-0.25, -0.2) is 0 Å². The molecule has 1 aliphatic heterocycles. The molecule has 0 spiro atoms. The van der Waals surface area contributed by atoms with E-state index < -0.39 is 0 Å². The summed E-state index contributed by atoms with van der Waals surface area (Å²) in [5, 5.41) is 2.85. The number of hydrogen-bond acceptors (Lipinski definition) is 5. The fraction of sp³-hybridized carbons (Fsp3) is 0.308. The highest BCUT2D eigenvalue weighted by molar-refractivity contribution is 8.04. The number of rotatable bonds is 3. The number of amides is 1. The Hall–Kier alpha value is -1.82. The Kier molecular flexibility index (Phi) is 3.90. The third kappa shape index (κ3) is 2.78. The van der Waals surface area contributed by atoms with Gasteiger partial charge >= 0.3 is 0 Å². The van der Waals surface area contributed by atoms with Crippen LogP contribution in [0.15, 0.2) is 28.1 Å². The number of nitrogens with zero attached hydrogens (tertiary/aromatic N) is 1. The normalized spacial score (nSPS) is 15.8. The average molecular weight is 280 g/mol. The van der Waals surface area contributed by atoms with Crippen molar-refractivity contribution in [2.45, 2.75) is 4.90 Å². The van der Waals surface area contributed by atoms with Gasteiger partial charge in [-0.3, -0.25) is 4.79 Å². The van der Waals surface area contributed by atoms with Crippen LogP contribution >= 0.6 is 11.8 Å². The molecule has 5 nitrogen and oxygen atoms in total. The number of carbonyl (C=O) groups excluding carboxylic acids is 1. The SMILES string of the molecule is COc1cc2c(cc1OC)S/C(=C/N(C)C)C(=O)N2. The smallest absolute Gasteiger partial charge is 0.263 e. The van der Waals surface area contributed by atoms with Crippen molar-refractivity contribution in [3.05, 3.63) is 23.2 Å². The van der Waals surface area contributed by atoms with Crippen LogP contribution in [0.1, 0.15) is 0 Å². The van der Waals surface area contributed by atoms with Crippen molar-refractivity contribution in [3.63, 3.8) is 0 Å². The quantitative estimate of drug-likeness (QED) is 0.860. The molecule has 0 atom stereocenters. The molecule has 1 aliphatic rings. The highest BCUT2D eigenvalue weighted by atomic mass is 32.2. The Morgan fingerprint density at radius 2 is 1.84 bits per heavy atom. The van der Waals surface area contributed by atoms with Crippen LogP contribution in [0.4, 0.5) is 5.69 Å². The van der Waals surface area contributed by atoms with Gasteiger partial charge in [0.1, 0.15) is 0 Å².